The Hall–Kier alpha value is -1.94. The number of nitrogens with one attached hydrogen (secondary N) is 1. The Morgan fingerprint density at radius 1 is 1.39 bits per heavy atom. The molecule has 0 aromatic carbocycles. The molecule has 4 rings (SSSR count). The number of hydrogen-bond acceptors (Lipinski definition) is 12. The standard InChI is InChI=1S/C17H13ClN6O5S3.Na/c18-13-8(31-5-20-13)2-1-6-12(16(27)28)24-9(25)3-10(24)32-15(6)22-14(26)11(23-29)7-4-30-17(19)21-7;/h1-2,4-5,10,15,29H,3H2,(H2,19,21)(H,22,26)(H,27,28);/q;+1/p-1/t10-,15?;/m0./s1. The van der Waals surface area contributed by atoms with Crippen molar-refractivity contribution >= 4 is 80.7 Å². The van der Waals surface area contributed by atoms with Crippen molar-refractivity contribution in [2.45, 2.75) is 17.2 Å². The molecule has 0 saturated carbocycles. The van der Waals surface area contributed by atoms with Gasteiger partial charge in [-0.2, -0.15) is 0 Å². The van der Waals surface area contributed by atoms with Crippen molar-refractivity contribution in [2.24, 2.45) is 5.16 Å². The van der Waals surface area contributed by atoms with Crippen LogP contribution in [0.5, 0.6) is 0 Å². The van der Waals surface area contributed by atoms with E-state index in [4.69, 9.17) is 17.3 Å². The van der Waals surface area contributed by atoms with E-state index >= 15 is 0 Å². The third kappa shape index (κ3) is 5.11. The molecule has 0 bridgehead atoms. The molecule has 33 heavy (non-hydrogen) atoms. The number of β-lactam (4-membered cyclic amide) rings is 1. The van der Waals surface area contributed by atoms with E-state index in [0.29, 0.717) is 4.88 Å². The first-order valence-electron chi connectivity index (χ1n) is 8.74. The average Bonchev–Trinajstić information content (AvgIpc) is 3.34. The maximum Gasteiger partial charge on any atom is 1.00 e. The predicted molar refractivity (Wildman–Crippen MR) is 118 cm³/mol. The summed E-state index contributed by atoms with van der Waals surface area (Å²) in [6, 6.07) is 0. The zero-order valence-electron chi connectivity index (χ0n) is 16.7. The Labute approximate surface area is 225 Å². The summed E-state index contributed by atoms with van der Waals surface area (Å²) < 4.78 is 0. The van der Waals surface area contributed by atoms with E-state index in [9.17, 15) is 24.7 Å². The smallest absolute Gasteiger partial charge is 0.543 e. The number of amides is 2. The number of nitrogens with two attached hydrogens (primary N) is 1. The number of nitrogens with zero attached hydrogens (tertiary/aromatic N) is 4. The van der Waals surface area contributed by atoms with Crippen LogP contribution in [-0.2, 0) is 14.4 Å². The van der Waals surface area contributed by atoms with Gasteiger partial charge >= 0.3 is 29.6 Å². The number of halogens is 1. The quantitative estimate of drug-likeness (QED) is 0.119. The van der Waals surface area contributed by atoms with Crippen molar-refractivity contribution < 1.29 is 54.3 Å². The van der Waals surface area contributed by atoms with E-state index in [1.165, 1.54) is 34.4 Å². The van der Waals surface area contributed by atoms with Gasteiger partial charge in [0.05, 0.1) is 33.8 Å². The van der Waals surface area contributed by atoms with Gasteiger partial charge in [0.15, 0.2) is 10.8 Å². The molecule has 2 atom stereocenters. The molecule has 166 valence electrons. The van der Waals surface area contributed by atoms with Crippen LogP contribution < -0.4 is 45.7 Å². The Morgan fingerprint density at radius 3 is 2.70 bits per heavy atom. The second kappa shape index (κ2) is 10.5. The van der Waals surface area contributed by atoms with Gasteiger partial charge in [-0.1, -0.05) is 22.8 Å². The minimum atomic E-state index is -1.57. The van der Waals surface area contributed by atoms with Crippen LogP contribution in [-0.4, -0.2) is 54.3 Å². The Morgan fingerprint density at radius 2 is 2.15 bits per heavy atom. The zero-order chi connectivity index (χ0) is 23.0. The van der Waals surface area contributed by atoms with Gasteiger partial charge in [-0.25, -0.2) is 9.97 Å². The topological polar surface area (TPSA) is 174 Å². The van der Waals surface area contributed by atoms with Crippen LogP contribution in [0.1, 0.15) is 17.0 Å². The summed E-state index contributed by atoms with van der Waals surface area (Å²) in [5, 5.41) is 27.4. The summed E-state index contributed by atoms with van der Waals surface area (Å²) in [5.74, 6) is -2.75. The van der Waals surface area contributed by atoms with Crippen LogP contribution >= 0.6 is 46.0 Å². The van der Waals surface area contributed by atoms with Crippen LogP contribution in [0, 0.1) is 0 Å². The number of fused-ring (bicyclic) bond motifs is 1. The molecule has 0 radical (unpaired) electrons. The van der Waals surface area contributed by atoms with Crippen LogP contribution in [0.2, 0.25) is 5.15 Å². The van der Waals surface area contributed by atoms with Gasteiger partial charge in [0.1, 0.15) is 16.2 Å². The molecule has 2 aromatic rings. The first-order valence-corrected chi connectivity index (χ1v) is 11.8. The third-order valence-electron chi connectivity index (χ3n) is 4.49. The molecule has 0 spiro atoms. The number of hydrogen-bond donors (Lipinski definition) is 3. The maximum absolute atomic E-state index is 12.8. The number of anilines is 1. The van der Waals surface area contributed by atoms with Crippen LogP contribution in [0.3, 0.4) is 0 Å². The van der Waals surface area contributed by atoms with Gasteiger partial charge in [-0.15, -0.1) is 34.4 Å². The molecule has 2 amide bonds. The molecular weight excluding hydrogens is 523 g/mol. The van der Waals surface area contributed by atoms with Gasteiger partial charge in [0.2, 0.25) is 5.91 Å². The number of rotatable bonds is 6. The molecule has 16 heteroatoms. The van der Waals surface area contributed by atoms with Crippen molar-refractivity contribution in [3.8, 4) is 0 Å². The second-order valence-corrected chi connectivity index (χ2v) is 9.79. The van der Waals surface area contributed by atoms with E-state index in [2.05, 4.69) is 20.4 Å². The summed E-state index contributed by atoms with van der Waals surface area (Å²) >= 11 is 9.44. The first-order chi connectivity index (χ1) is 15.3. The maximum atomic E-state index is 12.8. The summed E-state index contributed by atoms with van der Waals surface area (Å²) in [4.78, 5) is 46.3. The number of oxime groups is 1. The van der Waals surface area contributed by atoms with Gasteiger partial charge < -0.3 is 26.2 Å². The number of thiazole rings is 2. The number of aromatic nitrogens is 2. The van der Waals surface area contributed by atoms with Gasteiger partial charge in [-0.05, 0) is 6.08 Å². The molecule has 2 aromatic heterocycles. The SMILES string of the molecule is Nc1nc(C(=NO)C(=O)NC2S[C@H]3CC(=O)N3C(C(=O)[O-])=C2C=Cc2scnc2Cl)cs1.[Na+]. The monoisotopic (exact) mass is 534 g/mol. The van der Waals surface area contributed by atoms with E-state index in [0.717, 1.165) is 28.0 Å². The zero-order valence-corrected chi connectivity index (χ0v) is 21.9. The molecule has 1 saturated heterocycles. The minimum absolute atomic E-state index is 0. The molecule has 1 fully saturated rings. The summed E-state index contributed by atoms with van der Waals surface area (Å²) in [6.07, 6.45) is 3.07. The summed E-state index contributed by atoms with van der Waals surface area (Å²) in [6.45, 7) is 0. The molecule has 0 aliphatic carbocycles. The number of aliphatic carboxylic acids is 1. The number of carboxylic acids is 1. The Bertz CT molecular complexity index is 1210. The minimum Gasteiger partial charge on any atom is -0.543 e. The number of nitrogen functional groups attached to an aromatic ring is 1. The number of carbonyl (C=O) groups excluding carboxylic acids is 3. The van der Waals surface area contributed by atoms with E-state index < -0.39 is 28.3 Å². The number of carboxylic acid groups (broad SMARTS) is 1. The van der Waals surface area contributed by atoms with Gasteiger partial charge in [0.25, 0.3) is 5.91 Å². The molecule has 4 N–H and O–H groups in total. The molecule has 1 unspecified atom stereocenters. The normalized spacial score (nSPS) is 20.3. The molecular formula is C17H12ClN6NaO5S3. The van der Waals surface area contributed by atoms with Crippen molar-refractivity contribution in [2.75, 3.05) is 5.73 Å². The van der Waals surface area contributed by atoms with Crippen LogP contribution in [0.15, 0.2) is 33.4 Å². The Kier molecular flexibility index (Phi) is 8.21. The van der Waals surface area contributed by atoms with Gasteiger partial charge in [-0.3, -0.25) is 14.5 Å². The van der Waals surface area contributed by atoms with Crippen molar-refractivity contribution in [3.05, 3.63) is 44.0 Å². The Balaban J connectivity index is 0.00000306. The fourth-order valence-corrected chi connectivity index (χ4v) is 5.89. The van der Waals surface area contributed by atoms with E-state index in [-0.39, 0.29) is 69.1 Å². The van der Waals surface area contributed by atoms with Crippen molar-refractivity contribution in [1.29, 1.82) is 0 Å². The van der Waals surface area contributed by atoms with Crippen molar-refractivity contribution in [1.82, 2.24) is 20.2 Å². The number of carbonyl (C=O) groups is 3. The van der Waals surface area contributed by atoms with Crippen LogP contribution in [0.4, 0.5) is 5.13 Å². The third-order valence-corrected chi connectivity index (χ3v) is 7.71. The summed E-state index contributed by atoms with van der Waals surface area (Å²) in [7, 11) is 0. The van der Waals surface area contributed by atoms with Gasteiger partial charge in [0, 0.05) is 11.0 Å². The van der Waals surface area contributed by atoms with E-state index in [1.807, 2.05) is 0 Å². The molecule has 2 aliphatic rings. The van der Waals surface area contributed by atoms with Crippen molar-refractivity contribution in [3.63, 3.8) is 0 Å². The molecule has 2 aliphatic heterocycles. The largest absolute Gasteiger partial charge is 1.00 e. The average molecular weight is 535 g/mol. The molecule has 4 heterocycles. The fraction of sp³-hybridized carbons (Fsp3) is 0.176. The van der Waals surface area contributed by atoms with Crippen LogP contribution in [0.25, 0.3) is 6.08 Å². The second-order valence-electron chi connectivity index (χ2n) is 6.36. The predicted octanol–water partition coefficient (Wildman–Crippen LogP) is -2.52. The molecule has 11 nitrogen and oxygen atoms in total. The number of thioether (sulfide) groups is 1. The van der Waals surface area contributed by atoms with E-state index in [1.54, 1.807) is 0 Å². The fourth-order valence-electron chi connectivity index (χ4n) is 3.06. The summed E-state index contributed by atoms with van der Waals surface area (Å²) in [5.41, 5.74) is 6.51. The first kappa shape index (κ1) is 25.7.